The van der Waals surface area contributed by atoms with E-state index in [0.29, 0.717) is 5.41 Å². The highest BCUT2D eigenvalue weighted by Crippen LogP contribution is 2.21. The van der Waals surface area contributed by atoms with E-state index in [1.165, 1.54) is 25.7 Å². The van der Waals surface area contributed by atoms with Gasteiger partial charge in [0.25, 0.3) is 0 Å². The van der Waals surface area contributed by atoms with Gasteiger partial charge in [-0.1, -0.05) is 20.3 Å². The Balaban J connectivity index is 1.90. The summed E-state index contributed by atoms with van der Waals surface area (Å²) in [5.41, 5.74) is 5.99. The summed E-state index contributed by atoms with van der Waals surface area (Å²) < 4.78 is 11.1. The van der Waals surface area contributed by atoms with Crippen LogP contribution in [-0.4, -0.2) is 33.0 Å². The molecule has 1 aliphatic rings. The van der Waals surface area contributed by atoms with Crippen molar-refractivity contribution in [2.45, 2.75) is 46.0 Å². The van der Waals surface area contributed by atoms with E-state index < -0.39 is 0 Å². The normalized spacial score (nSPS) is 18.5. The molecule has 0 bridgehead atoms. The molecule has 0 atom stereocenters. The Hall–Kier alpha value is -0.120. The van der Waals surface area contributed by atoms with Gasteiger partial charge in [-0.3, -0.25) is 0 Å². The van der Waals surface area contributed by atoms with E-state index in [0.717, 1.165) is 45.3 Å². The lowest BCUT2D eigenvalue weighted by atomic mass is 9.87. The summed E-state index contributed by atoms with van der Waals surface area (Å²) in [6.45, 7) is 8.89. The Morgan fingerprint density at radius 3 is 2.59 bits per heavy atom. The van der Waals surface area contributed by atoms with Crippen molar-refractivity contribution in [3.05, 3.63) is 0 Å². The third kappa shape index (κ3) is 7.02. The largest absolute Gasteiger partial charge is 0.381 e. The lowest BCUT2D eigenvalue weighted by Crippen LogP contribution is -2.23. The van der Waals surface area contributed by atoms with E-state index in [-0.39, 0.29) is 0 Å². The van der Waals surface area contributed by atoms with Gasteiger partial charge in [-0.05, 0) is 43.6 Å². The van der Waals surface area contributed by atoms with Crippen molar-refractivity contribution in [2.24, 2.45) is 17.1 Å². The molecule has 0 aromatic heterocycles. The molecule has 102 valence electrons. The summed E-state index contributed by atoms with van der Waals surface area (Å²) in [5.74, 6) is 0.726. The average molecular weight is 243 g/mol. The summed E-state index contributed by atoms with van der Waals surface area (Å²) in [6.07, 6.45) is 5.91. The third-order valence-corrected chi connectivity index (χ3v) is 3.64. The SMILES string of the molecule is CC(C)(CN)CCCCOCC1CCOCC1. The van der Waals surface area contributed by atoms with Crippen LogP contribution in [0.5, 0.6) is 0 Å². The smallest absolute Gasteiger partial charge is 0.0495 e. The Labute approximate surface area is 106 Å². The Bertz CT molecular complexity index is 189. The first-order valence-corrected chi connectivity index (χ1v) is 6.99. The van der Waals surface area contributed by atoms with Crippen molar-refractivity contribution in [3.63, 3.8) is 0 Å². The van der Waals surface area contributed by atoms with Gasteiger partial charge in [0.05, 0.1) is 0 Å². The molecule has 0 aromatic rings. The van der Waals surface area contributed by atoms with Crippen molar-refractivity contribution in [1.82, 2.24) is 0 Å². The number of unbranched alkanes of at least 4 members (excludes halogenated alkanes) is 1. The molecule has 17 heavy (non-hydrogen) atoms. The van der Waals surface area contributed by atoms with Crippen LogP contribution in [0, 0.1) is 11.3 Å². The zero-order valence-electron chi connectivity index (χ0n) is 11.5. The van der Waals surface area contributed by atoms with Gasteiger partial charge in [-0.15, -0.1) is 0 Å². The van der Waals surface area contributed by atoms with Crippen LogP contribution in [0.15, 0.2) is 0 Å². The fraction of sp³-hybridized carbons (Fsp3) is 1.00. The highest BCUT2D eigenvalue weighted by molar-refractivity contribution is 4.68. The first-order valence-electron chi connectivity index (χ1n) is 6.99. The predicted octanol–water partition coefficient (Wildman–Crippen LogP) is 2.58. The van der Waals surface area contributed by atoms with Gasteiger partial charge >= 0.3 is 0 Å². The van der Waals surface area contributed by atoms with Crippen LogP contribution in [0.1, 0.15) is 46.0 Å². The second-order valence-electron chi connectivity index (χ2n) is 5.96. The number of hydrogen-bond acceptors (Lipinski definition) is 3. The molecule has 0 radical (unpaired) electrons. The molecule has 0 amide bonds. The van der Waals surface area contributed by atoms with Crippen LogP contribution in [0.2, 0.25) is 0 Å². The molecule has 3 heteroatoms. The van der Waals surface area contributed by atoms with Gasteiger partial charge in [0.1, 0.15) is 0 Å². The van der Waals surface area contributed by atoms with Crippen LogP contribution < -0.4 is 5.73 Å². The summed E-state index contributed by atoms with van der Waals surface area (Å²) in [4.78, 5) is 0. The Kier molecular flexibility index (Phi) is 7.09. The molecule has 0 saturated carbocycles. The van der Waals surface area contributed by atoms with Gasteiger partial charge in [-0.25, -0.2) is 0 Å². The van der Waals surface area contributed by atoms with Crippen molar-refractivity contribution in [2.75, 3.05) is 33.0 Å². The Morgan fingerprint density at radius 2 is 1.94 bits per heavy atom. The average Bonchev–Trinajstić information content (AvgIpc) is 2.35. The molecule has 1 aliphatic heterocycles. The van der Waals surface area contributed by atoms with Crippen molar-refractivity contribution < 1.29 is 9.47 Å². The standard InChI is InChI=1S/C14H29NO2/c1-14(2,12-15)7-3-4-8-17-11-13-5-9-16-10-6-13/h13H,3-12,15H2,1-2H3. The second kappa shape index (κ2) is 8.06. The van der Waals surface area contributed by atoms with Gasteiger partial charge in [0.2, 0.25) is 0 Å². The van der Waals surface area contributed by atoms with Crippen molar-refractivity contribution >= 4 is 0 Å². The zero-order chi connectivity index (χ0) is 12.6. The van der Waals surface area contributed by atoms with Gasteiger partial charge in [0, 0.05) is 26.4 Å². The van der Waals surface area contributed by atoms with Crippen LogP contribution in [-0.2, 0) is 9.47 Å². The fourth-order valence-electron chi connectivity index (χ4n) is 2.07. The van der Waals surface area contributed by atoms with Gasteiger partial charge in [0.15, 0.2) is 0 Å². The summed E-state index contributed by atoms with van der Waals surface area (Å²) in [6, 6.07) is 0. The third-order valence-electron chi connectivity index (χ3n) is 3.64. The van der Waals surface area contributed by atoms with Crippen LogP contribution in [0.3, 0.4) is 0 Å². The highest BCUT2D eigenvalue weighted by Gasteiger charge is 2.15. The molecule has 1 rings (SSSR count). The molecule has 3 nitrogen and oxygen atoms in total. The molecular weight excluding hydrogens is 214 g/mol. The van der Waals surface area contributed by atoms with Crippen LogP contribution in [0.4, 0.5) is 0 Å². The summed E-state index contributed by atoms with van der Waals surface area (Å²) in [7, 11) is 0. The maximum Gasteiger partial charge on any atom is 0.0495 e. The fourth-order valence-corrected chi connectivity index (χ4v) is 2.07. The van der Waals surface area contributed by atoms with E-state index in [1.54, 1.807) is 0 Å². The molecule has 0 spiro atoms. The molecule has 1 heterocycles. The maximum absolute atomic E-state index is 5.73. The molecule has 2 N–H and O–H groups in total. The highest BCUT2D eigenvalue weighted by atomic mass is 16.5. The quantitative estimate of drug-likeness (QED) is 0.666. The molecular formula is C14H29NO2. The molecule has 1 saturated heterocycles. The maximum atomic E-state index is 5.73. The first kappa shape index (κ1) is 14.9. The van der Waals surface area contributed by atoms with E-state index in [2.05, 4.69) is 13.8 Å². The molecule has 0 aliphatic carbocycles. The molecule has 0 aromatic carbocycles. The monoisotopic (exact) mass is 243 g/mol. The van der Waals surface area contributed by atoms with E-state index in [1.807, 2.05) is 0 Å². The number of rotatable bonds is 8. The minimum Gasteiger partial charge on any atom is -0.381 e. The minimum absolute atomic E-state index is 0.292. The van der Waals surface area contributed by atoms with Crippen LogP contribution >= 0.6 is 0 Å². The Morgan fingerprint density at radius 1 is 1.24 bits per heavy atom. The van der Waals surface area contributed by atoms with E-state index in [9.17, 15) is 0 Å². The number of ether oxygens (including phenoxy) is 2. The van der Waals surface area contributed by atoms with Crippen molar-refractivity contribution in [1.29, 1.82) is 0 Å². The van der Waals surface area contributed by atoms with Gasteiger partial charge in [-0.2, -0.15) is 0 Å². The summed E-state index contributed by atoms with van der Waals surface area (Å²) >= 11 is 0. The summed E-state index contributed by atoms with van der Waals surface area (Å²) in [5, 5.41) is 0. The lowest BCUT2D eigenvalue weighted by molar-refractivity contribution is 0.0195. The predicted molar refractivity (Wildman–Crippen MR) is 71.0 cm³/mol. The molecule has 0 unspecified atom stereocenters. The van der Waals surface area contributed by atoms with Crippen LogP contribution in [0.25, 0.3) is 0 Å². The first-order chi connectivity index (χ1) is 8.14. The van der Waals surface area contributed by atoms with E-state index >= 15 is 0 Å². The minimum atomic E-state index is 0.292. The number of hydrogen-bond donors (Lipinski definition) is 1. The lowest BCUT2D eigenvalue weighted by Gasteiger charge is -2.23. The van der Waals surface area contributed by atoms with E-state index in [4.69, 9.17) is 15.2 Å². The number of nitrogens with two attached hydrogens (primary N) is 1. The topological polar surface area (TPSA) is 44.5 Å². The van der Waals surface area contributed by atoms with Gasteiger partial charge < -0.3 is 15.2 Å². The molecule has 1 fully saturated rings. The second-order valence-corrected chi connectivity index (χ2v) is 5.96. The zero-order valence-corrected chi connectivity index (χ0v) is 11.5. The van der Waals surface area contributed by atoms with Crippen molar-refractivity contribution in [3.8, 4) is 0 Å².